The lowest BCUT2D eigenvalue weighted by Crippen LogP contribution is -2.57. The molecule has 1 atom stereocenters. The number of hydrogen-bond donors (Lipinski definition) is 1. The summed E-state index contributed by atoms with van der Waals surface area (Å²) < 4.78 is 0. The molecule has 2 nitrogen and oxygen atoms in total. The van der Waals surface area contributed by atoms with Crippen LogP contribution in [-0.4, -0.2) is 29.7 Å². The van der Waals surface area contributed by atoms with E-state index in [9.17, 15) is 5.11 Å². The topological polar surface area (TPSA) is 23.5 Å². The normalized spacial score (nSPS) is 24.7. The van der Waals surface area contributed by atoms with Crippen molar-refractivity contribution in [1.82, 2.24) is 4.90 Å². The van der Waals surface area contributed by atoms with Gasteiger partial charge in [-0.25, -0.2) is 0 Å². The van der Waals surface area contributed by atoms with E-state index in [0.717, 1.165) is 0 Å². The van der Waals surface area contributed by atoms with Gasteiger partial charge in [0.05, 0.1) is 12.6 Å². The van der Waals surface area contributed by atoms with Gasteiger partial charge in [0.25, 0.3) is 0 Å². The van der Waals surface area contributed by atoms with Crippen LogP contribution in [0.5, 0.6) is 0 Å². The molecule has 1 unspecified atom stereocenters. The molecule has 1 heterocycles. The molecule has 0 bridgehead atoms. The van der Waals surface area contributed by atoms with E-state index >= 15 is 0 Å². The van der Waals surface area contributed by atoms with Crippen LogP contribution in [0.4, 0.5) is 0 Å². The summed E-state index contributed by atoms with van der Waals surface area (Å²) in [6.07, 6.45) is 8.45. The summed E-state index contributed by atoms with van der Waals surface area (Å²) >= 11 is 0. The summed E-state index contributed by atoms with van der Waals surface area (Å²) in [5.74, 6) is 0. The summed E-state index contributed by atoms with van der Waals surface area (Å²) in [6, 6.07) is 10.7. The minimum absolute atomic E-state index is 0.204. The van der Waals surface area contributed by atoms with Crippen molar-refractivity contribution >= 4 is 0 Å². The Morgan fingerprint density at radius 2 is 1.63 bits per heavy atom. The van der Waals surface area contributed by atoms with E-state index in [2.05, 4.69) is 29.2 Å². The molecule has 0 radical (unpaired) electrons. The quantitative estimate of drug-likeness (QED) is 0.899. The van der Waals surface area contributed by atoms with Crippen LogP contribution < -0.4 is 0 Å². The third-order valence-corrected chi connectivity index (χ3v) is 5.04. The number of aliphatic hydroxyl groups excluding tert-OH is 1. The second-order valence-electron chi connectivity index (χ2n) is 6.43. The second-order valence-corrected chi connectivity index (χ2v) is 6.43. The summed E-state index contributed by atoms with van der Waals surface area (Å²) in [5.41, 5.74) is 1.84. The van der Waals surface area contributed by atoms with Crippen LogP contribution in [0.25, 0.3) is 0 Å². The van der Waals surface area contributed by atoms with Gasteiger partial charge in [0.1, 0.15) is 0 Å². The number of likely N-dealkylation sites (tertiary alicyclic amines) is 1. The monoisotopic (exact) mass is 259 g/mol. The maximum atomic E-state index is 9.72. The van der Waals surface area contributed by atoms with Gasteiger partial charge >= 0.3 is 0 Å². The van der Waals surface area contributed by atoms with E-state index in [-0.39, 0.29) is 12.6 Å². The zero-order valence-corrected chi connectivity index (χ0v) is 11.7. The smallest absolute Gasteiger partial charge is 0.0628 e. The highest BCUT2D eigenvalue weighted by Gasteiger charge is 2.44. The number of benzene rings is 1. The van der Waals surface area contributed by atoms with Gasteiger partial charge in [-0.1, -0.05) is 56.0 Å². The lowest BCUT2D eigenvalue weighted by atomic mass is 9.72. The third kappa shape index (κ3) is 2.70. The van der Waals surface area contributed by atoms with Gasteiger partial charge in [-0.15, -0.1) is 0 Å². The van der Waals surface area contributed by atoms with Gasteiger partial charge in [0.2, 0.25) is 0 Å². The Morgan fingerprint density at radius 3 is 2.21 bits per heavy atom. The van der Waals surface area contributed by atoms with Gasteiger partial charge in [0.15, 0.2) is 0 Å². The Labute approximate surface area is 116 Å². The van der Waals surface area contributed by atoms with Crippen LogP contribution in [0.3, 0.4) is 0 Å². The molecule has 1 spiro atoms. The van der Waals surface area contributed by atoms with Crippen LogP contribution in [0.15, 0.2) is 30.3 Å². The molecule has 1 aliphatic heterocycles. The predicted molar refractivity (Wildman–Crippen MR) is 78.0 cm³/mol. The first-order chi connectivity index (χ1) is 9.33. The minimum Gasteiger partial charge on any atom is -0.394 e. The molecule has 1 saturated heterocycles. The average Bonchev–Trinajstić information content (AvgIpc) is 2.66. The molecule has 19 heavy (non-hydrogen) atoms. The van der Waals surface area contributed by atoms with Crippen LogP contribution in [-0.2, 0) is 0 Å². The molecule has 1 N–H and O–H groups in total. The number of hydrogen-bond acceptors (Lipinski definition) is 2. The van der Waals surface area contributed by atoms with E-state index in [4.69, 9.17) is 0 Å². The molecule has 2 heteroatoms. The second kappa shape index (κ2) is 5.64. The first kappa shape index (κ1) is 13.1. The summed E-state index contributed by atoms with van der Waals surface area (Å²) in [5, 5.41) is 9.72. The van der Waals surface area contributed by atoms with Crippen molar-refractivity contribution in [3.8, 4) is 0 Å². The Morgan fingerprint density at radius 1 is 1.00 bits per heavy atom. The highest BCUT2D eigenvalue weighted by atomic mass is 16.3. The third-order valence-electron chi connectivity index (χ3n) is 5.04. The maximum absolute atomic E-state index is 9.72. The summed E-state index contributed by atoms with van der Waals surface area (Å²) in [6.45, 7) is 2.61. The first-order valence-corrected chi connectivity index (χ1v) is 7.73. The fourth-order valence-electron chi connectivity index (χ4n) is 3.94. The number of aliphatic hydroxyl groups is 1. The molecule has 0 amide bonds. The standard InChI is InChI=1S/C17H25NO/c19-12-16(15-8-4-3-5-9-15)18-13-17(14-18)10-6-1-2-7-11-17/h3-5,8-9,16,19H,1-2,6-7,10-14H2. The van der Waals surface area contributed by atoms with Gasteiger partial charge in [-0.2, -0.15) is 0 Å². The number of nitrogens with zero attached hydrogens (tertiary/aromatic N) is 1. The van der Waals surface area contributed by atoms with Crippen molar-refractivity contribution in [2.45, 2.75) is 44.6 Å². The first-order valence-electron chi connectivity index (χ1n) is 7.73. The van der Waals surface area contributed by atoms with Crippen molar-refractivity contribution < 1.29 is 5.11 Å². The summed E-state index contributed by atoms with van der Waals surface area (Å²) in [7, 11) is 0. The Bertz CT molecular complexity index is 387. The zero-order valence-electron chi connectivity index (χ0n) is 11.7. The van der Waals surface area contributed by atoms with Crippen molar-refractivity contribution in [1.29, 1.82) is 0 Å². The molecule has 3 rings (SSSR count). The SMILES string of the molecule is OCC(c1ccccc1)N1CC2(CCCCCC2)C1. The lowest BCUT2D eigenvalue weighted by molar-refractivity contribution is -0.0561. The van der Waals surface area contributed by atoms with Crippen molar-refractivity contribution in [3.63, 3.8) is 0 Å². The Hall–Kier alpha value is -0.860. The molecule has 2 aliphatic rings. The van der Waals surface area contributed by atoms with Crippen LogP contribution in [0, 0.1) is 5.41 Å². The van der Waals surface area contributed by atoms with Crippen LogP contribution in [0.1, 0.15) is 50.1 Å². The minimum atomic E-state index is 0.204. The zero-order chi connectivity index (χ0) is 13.1. The molecule has 104 valence electrons. The van der Waals surface area contributed by atoms with E-state index in [1.807, 2.05) is 6.07 Å². The highest BCUT2D eigenvalue weighted by Crippen LogP contribution is 2.45. The maximum Gasteiger partial charge on any atom is 0.0628 e. The van der Waals surface area contributed by atoms with E-state index in [0.29, 0.717) is 5.41 Å². The molecular formula is C17H25NO. The highest BCUT2D eigenvalue weighted by molar-refractivity contribution is 5.20. The molecule has 0 aromatic heterocycles. The average molecular weight is 259 g/mol. The molecule has 1 aromatic rings. The summed E-state index contributed by atoms with van der Waals surface area (Å²) in [4.78, 5) is 2.47. The van der Waals surface area contributed by atoms with Gasteiger partial charge in [0, 0.05) is 13.1 Å². The van der Waals surface area contributed by atoms with Crippen molar-refractivity contribution in [3.05, 3.63) is 35.9 Å². The van der Waals surface area contributed by atoms with Crippen LogP contribution in [0.2, 0.25) is 0 Å². The largest absolute Gasteiger partial charge is 0.394 e. The fourth-order valence-corrected chi connectivity index (χ4v) is 3.94. The predicted octanol–water partition coefficient (Wildman–Crippen LogP) is 3.38. The molecule has 1 saturated carbocycles. The number of rotatable bonds is 3. The van der Waals surface area contributed by atoms with Gasteiger partial charge in [-0.05, 0) is 23.8 Å². The van der Waals surface area contributed by atoms with Gasteiger partial charge < -0.3 is 5.11 Å². The van der Waals surface area contributed by atoms with Crippen molar-refractivity contribution in [2.24, 2.45) is 5.41 Å². The molecule has 1 aromatic carbocycles. The van der Waals surface area contributed by atoms with Crippen molar-refractivity contribution in [2.75, 3.05) is 19.7 Å². The Balaban J connectivity index is 1.65. The van der Waals surface area contributed by atoms with E-state index in [1.54, 1.807) is 0 Å². The van der Waals surface area contributed by atoms with E-state index < -0.39 is 0 Å². The molecule has 1 aliphatic carbocycles. The molecule has 2 fully saturated rings. The van der Waals surface area contributed by atoms with Gasteiger partial charge in [-0.3, -0.25) is 4.90 Å². The fraction of sp³-hybridized carbons (Fsp3) is 0.647. The van der Waals surface area contributed by atoms with Crippen LogP contribution >= 0.6 is 0 Å². The Kier molecular flexibility index (Phi) is 3.90. The molecular weight excluding hydrogens is 234 g/mol. The van der Waals surface area contributed by atoms with E-state index in [1.165, 1.54) is 57.2 Å². The lowest BCUT2D eigenvalue weighted by Gasteiger charge is -2.53.